The molecule has 1 amide bonds. The van der Waals surface area contributed by atoms with E-state index in [-0.39, 0.29) is 38.8 Å². The standard InChI is InChI=1S/C24H22ClFN2O4S/c1-10(29)14-9-28(12-6-7-12)23-19(24(14)32)22(27-11(2)30)20(25)18(21(23)26)17-8-13-15(31)4-3-5-16(13)33-17/h8-9,12,15,31H,3-7H2,1-2H3,(H,27,30). The number of pyridine rings is 1. The van der Waals surface area contributed by atoms with E-state index in [0.717, 1.165) is 36.1 Å². The van der Waals surface area contributed by atoms with E-state index in [1.807, 2.05) is 0 Å². The van der Waals surface area contributed by atoms with Crippen molar-refractivity contribution in [3.8, 4) is 10.4 Å². The molecule has 1 atom stereocenters. The predicted molar refractivity (Wildman–Crippen MR) is 127 cm³/mol. The Bertz CT molecular complexity index is 1410. The molecule has 3 aromatic rings. The van der Waals surface area contributed by atoms with Gasteiger partial charge in [-0.1, -0.05) is 11.6 Å². The molecule has 1 saturated carbocycles. The van der Waals surface area contributed by atoms with Crippen molar-refractivity contribution in [3.63, 3.8) is 0 Å². The molecule has 2 aromatic heterocycles. The lowest BCUT2D eigenvalue weighted by Gasteiger charge is -2.19. The molecule has 33 heavy (non-hydrogen) atoms. The number of nitrogens with zero attached hydrogens (tertiary/aromatic N) is 1. The normalized spacial score (nSPS) is 17.8. The fourth-order valence-electron chi connectivity index (χ4n) is 4.59. The second kappa shape index (κ2) is 8.04. The van der Waals surface area contributed by atoms with Gasteiger partial charge < -0.3 is 15.0 Å². The van der Waals surface area contributed by atoms with E-state index in [1.54, 1.807) is 10.6 Å². The largest absolute Gasteiger partial charge is 0.388 e. The molecule has 2 aliphatic rings. The number of aliphatic hydroxyl groups excluding tert-OH is 1. The number of anilines is 1. The van der Waals surface area contributed by atoms with E-state index < -0.39 is 29.0 Å². The molecule has 0 bridgehead atoms. The fraction of sp³-hybridized carbons (Fsp3) is 0.375. The molecule has 2 aliphatic carbocycles. The number of aryl methyl sites for hydroxylation is 1. The lowest BCUT2D eigenvalue weighted by Crippen LogP contribution is -2.21. The molecule has 9 heteroatoms. The number of aromatic nitrogens is 1. The van der Waals surface area contributed by atoms with Crippen molar-refractivity contribution >= 4 is 51.2 Å². The number of Topliss-reactive ketones (excluding diaryl/α,β-unsaturated/α-hetero) is 1. The Labute approximate surface area is 198 Å². The Balaban J connectivity index is 1.90. The van der Waals surface area contributed by atoms with Gasteiger partial charge in [-0.15, -0.1) is 11.3 Å². The highest BCUT2D eigenvalue weighted by molar-refractivity contribution is 7.15. The maximum Gasteiger partial charge on any atom is 0.221 e. The molecule has 1 fully saturated rings. The van der Waals surface area contributed by atoms with Gasteiger partial charge in [-0.2, -0.15) is 0 Å². The van der Waals surface area contributed by atoms with Crippen LogP contribution in [0.15, 0.2) is 17.1 Å². The maximum absolute atomic E-state index is 16.3. The van der Waals surface area contributed by atoms with Crippen molar-refractivity contribution in [2.75, 3.05) is 5.32 Å². The van der Waals surface area contributed by atoms with Crippen LogP contribution in [0.1, 0.15) is 72.5 Å². The van der Waals surface area contributed by atoms with Crippen LogP contribution in [0.4, 0.5) is 10.1 Å². The molecule has 1 aromatic carbocycles. The van der Waals surface area contributed by atoms with Crippen molar-refractivity contribution in [1.29, 1.82) is 0 Å². The highest BCUT2D eigenvalue weighted by atomic mass is 35.5. The first-order valence-corrected chi connectivity index (χ1v) is 12.1. The molecule has 0 spiro atoms. The highest BCUT2D eigenvalue weighted by Gasteiger charge is 2.33. The molecule has 0 radical (unpaired) electrons. The van der Waals surface area contributed by atoms with E-state index in [0.29, 0.717) is 11.3 Å². The Hall–Kier alpha value is -2.55. The number of rotatable bonds is 4. The summed E-state index contributed by atoms with van der Waals surface area (Å²) in [6, 6.07) is 1.71. The summed E-state index contributed by atoms with van der Waals surface area (Å²) in [5.41, 5.74) is 0.158. The summed E-state index contributed by atoms with van der Waals surface area (Å²) >= 11 is 8.04. The topological polar surface area (TPSA) is 88.4 Å². The lowest BCUT2D eigenvalue weighted by atomic mass is 9.95. The number of thiophene rings is 1. The summed E-state index contributed by atoms with van der Waals surface area (Å²) in [5.74, 6) is -1.58. The minimum absolute atomic E-state index is 0.00462. The van der Waals surface area contributed by atoms with Crippen LogP contribution in [-0.2, 0) is 11.2 Å². The Morgan fingerprint density at radius 2 is 2.00 bits per heavy atom. The summed E-state index contributed by atoms with van der Waals surface area (Å²) in [6.45, 7) is 2.56. The number of carbonyl (C=O) groups is 2. The van der Waals surface area contributed by atoms with Gasteiger partial charge in [0.25, 0.3) is 0 Å². The van der Waals surface area contributed by atoms with Crippen LogP contribution in [0.3, 0.4) is 0 Å². The average molecular weight is 489 g/mol. The minimum atomic E-state index is -0.670. The third kappa shape index (κ3) is 3.61. The summed E-state index contributed by atoms with van der Waals surface area (Å²) < 4.78 is 17.9. The van der Waals surface area contributed by atoms with Crippen molar-refractivity contribution in [2.45, 2.75) is 58.1 Å². The van der Waals surface area contributed by atoms with Gasteiger partial charge in [0, 0.05) is 28.9 Å². The number of hydrogen-bond donors (Lipinski definition) is 2. The molecule has 6 nitrogen and oxygen atoms in total. The molecule has 0 aliphatic heterocycles. The summed E-state index contributed by atoms with van der Waals surface area (Å²) in [5, 5.41) is 12.8. The van der Waals surface area contributed by atoms with Crippen LogP contribution in [0.2, 0.25) is 5.02 Å². The molecule has 0 saturated heterocycles. The number of hydrogen-bond acceptors (Lipinski definition) is 5. The van der Waals surface area contributed by atoms with Gasteiger partial charge >= 0.3 is 0 Å². The number of benzene rings is 1. The number of nitrogens with one attached hydrogen (secondary N) is 1. The first kappa shape index (κ1) is 22.3. The Morgan fingerprint density at radius 3 is 2.61 bits per heavy atom. The number of ketones is 1. The smallest absolute Gasteiger partial charge is 0.221 e. The zero-order valence-corrected chi connectivity index (χ0v) is 19.7. The van der Waals surface area contributed by atoms with Gasteiger partial charge in [-0.25, -0.2) is 4.39 Å². The number of fused-ring (bicyclic) bond motifs is 2. The second-order valence-electron chi connectivity index (χ2n) is 8.75. The van der Waals surface area contributed by atoms with Crippen molar-refractivity contribution in [2.24, 2.45) is 0 Å². The van der Waals surface area contributed by atoms with E-state index in [2.05, 4.69) is 5.32 Å². The van der Waals surface area contributed by atoms with Gasteiger partial charge in [0.1, 0.15) is 0 Å². The van der Waals surface area contributed by atoms with Crippen molar-refractivity contribution in [1.82, 2.24) is 4.57 Å². The molecule has 1 unspecified atom stereocenters. The molecule has 2 N–H and O–H groups in total. The van der Waals surface area contributed by atoms with Gasteiger partial charge in [-0.05, 0) is 50.7 Å². The number of aliphatic hydroxyl groups is 1. The van der Waals surface area contributed by atoms with Crippen LogP contribution in [0.5, 0.6) is 0 Å². The summed E-state index contributed by atoms with van der Waals surface area (Å²) in [4.78, 5) is 39.0. The lowest BCUT2D eigenvalue weighted by molar-refractivity contribution is -0.114. The average Bonchev–Trinajstić information content (AvgIpc) is 3.50. The predicted octanol–water partition coefficient (Wildman–Crippen LogP) is 5.39. The fourth-order valence-corrected chi connectivity index (χ4v) is 6.28. The van der Waals surface area contributed by atoms with Crippen molar-refractivity contribution < 1.29 is 19.1 Å². The zero-order chi connectivity index (χ0) is 23.6. The van der Waals surface area contributed by atoms with Crippen LogP contribution in [0.25, 0.3) is 21.3 Å². The summed E-state index contributed by atoms with van der Waals surface area (Å²) in [6.07, 6.45) is 4.67. The SMILES string of the molecule is CC(=O)Nc1c(Cl)c(-c2cc3c(s2)CCCC3O)c(F)c2c1c(=O)c(C(C)=O)cn2C1CC1. The first-order valence-electron chi connectivity index (χ1n) is 10.9. The van der Waals surface area contributed by atoms with Crippen LogP contribution in [0, 0.1) is 5.82 Å². The zero-order valence-electron chi connectivity index (χ0n) is 18.1. The molecule has 2 heterocycles. The number of amides is 1. The van der Waals surface area contributed by atoms with Crippen LogP contribution >= 0.6 is 22.9 Å². The molecule has 172 valence electrons. The first-order chi connectivity index (χ1) is 15.7. The van der Waals surface area contributed by atoms with Crippen molar-refractivity contribution in [3.05, 3.63) is 49.3 Å². The van der Waals surface area contributed by atoms with E-state index in [9.17, 15) is 19.5 Å². The molecular formula is C24H22ClFN2O4S. The Kier molecular flexibility index (Phi) is 5.42. The van der Waals surface area contributed by atoms with Gasteiger partial charge in [0.05, 0.1) is 38.8 Å². The number of halogens is 2. The summed E-state index contributed by atoms with van der Waals surface area (Å²) in [7, 11) is 0. The third-order valence-electron chi connectivity index (χ3n) is 6.30. The van der Waals surface area contributed by atoms with Crippen LogP contribution in [-0.4, -0.2) is 21.4 Å². The molecule has 5 rings (SSSR count). The quantitative estimate of drug-likeness (QED) is 0.482. The highest BCUT2D eigenvalue weighted by Crippen LogP contribution is 2.48. The monoisotopic (exact) mass is 488 g/mol. The van der Waals surface area contributed by atoms with Gasteiger partial charge in [-0.3, -0.25) is 14.4 Å². The van der Waals surface area contributed by atoms with E-state index in [1.165, 1.54) is 31.4 Å². The van der Waals surface area contributed by atoms with Crippen LogP contribution < -0.4 is 10.7 Å². The number of carbonyl (C=O) groups excluding carboxylic acids is 2. The van der Waals surface area contributed by atoms with Gasteiger partial charge in [0.15, 0.2) is 11.6 Å². The van der Waals surface area contributed by atoms with E-state index in [4.69, 9.17) is 11.6 Å². The maximum atomic E-state index is 16.3. The third-order valence-corrected chi connectivity index (χ3v) is 7.91. The molecular weight excluding hydrogens is 467 g/mol. The van der Waals surface area contributed by atoms with E-state index >= 15 is 4.39 Å². The minimum Gasteiger partial charge on any atom is -0.388 e. The Morgan fingerprint density at radius 1 is 1.27 bits per heavy atom. The second-order valence-corrected chi connectivity index (χ2v) is 10.3. The van der Waals surface area contributed by atoms with Gasteiger partial charge in [0.2, 0.25) is 11.3 Å².